The molecule has 1 aromatic carbocycles. The topological polar surface area (TPSA) is 38.7 Å². The number of aromatic nitrogens is 3. The van der Waals surface area contributed by atoms with Crippen LogP contribution in [-0.2, 0) is 0 Å². The molecule has 82 valence electrons. The third-order valence-corrected chi connectivity index (χ3v) is 2.56. The van der Waals surface area contributed by atoms with Crippen molar-refractivity contribution in [2.24, 2.45) is 0 Å². The van der Waals surface area contributed by atoms with Crippen molar-refractivity contribution in [2.45, 2.75) is 13.8 Å². The molecule has 2 aromatic rings. The molecule has 16 heavy (non-hydrogen) atoms. The Bertz CT molecular complexity index is 520. The van der Waals surface area contributed by atoms with Crippen LogP contribution in [0.1, 0.15) is 11.4 Å². The van der Waals surface area contributed by atoms with E-state index in [1.807, 2.05) is 25.1 Å². The van der Waals surface area contributed by atoms with E-state index in [1.165, 1.54) is 0 Å². The summed E-state index contributed by atoms with van der Waals surface area (Å²) < 4.78 is 0. The second-order valence-electron chi connectivity index (χ2n) is 3.43. The Kier molecular flexibility index (Phi) is 3.08. The van der Waals surface area contributed by atoms with Gasteiger partial charge in [0.2, 0.25) is 5.28 Å². The maximum absolute atomic E-state index is 5.94. The maximum Gasteiger partial charge on any atom is 0.226 e. The lowest BCUT2D eigenvalue weighted by Gasteiger charge is -2.05. The van der Waals surface area contributed by atoms with Gasteiger partial charge in [0.25, 0.3) is 0 Å². The van der Waals surface area contributed by atoms with Crippen molar-refractivity contribution in [3.05, 3.63) is 39.9 Å². The van der Waals surface area contributed by atoms with Crippen LogP contribution in [0.3, 0.4) is 0 Å². The molecule has 1 heterocycles. The van der Waals surface area contributed by atoms with Gasteiger partial charge in [-0.05, 0) is 43.1 Å². The maximum atomic E-state index is 5.94. The Morgan fingerprint density at radius 3 is 2.44 bits per heavy atom. The largest absolute Gasteiger partial charge is 0.226 e. The van der Waals surface area contributed by atoms with Crippen LogP contribution in [-0.4, -0.2) is 15.0 Å². The van der Waals surface area contributed by atoms with Crippen LogP contribution in [0, 0.1) is 13.8 Å². The first-order chi connectivity index (χ1) is 7.56. The Morgan fingerprint density at radius 1 is 1.00 bits per heavy atom. The predicted octanol–water partition coefficient (Wildman–Crippen LogP) is 3.46. The van der Waals surface area contributed by atoms with Gasteiger partial charge in [0.05, 0.1) is 0 Å². The standard InChI is InChI=1S/C11H9Cl2N3/c1-6-3-4-8(12)5-9(6)10-14-7(2)15-11(13)16-10/h3-5H,1-2H3. The van der Waals surface area contributed by atoms with Crippen molar-refractivity contribution in [3.8, 4) is 11.4 Å². The summed E-state index contributed by atoms with van der Waals surface area (Å²) in [4.78, 5) is 12.3. The van der Waals surface area contributed by atoms with E-state index >= 15 is 0 Å². The monoisotopic (exact) mass is 253 g/mol. The molecule has 0 N–H and O–H groups in total. The smallest absolute Gasteiger partial charge is 0.213 e. The van der Waals surface area contributed by atoms with Crippen LogP contribution >= 0.6 is 23.2 Å². The molecule has 0 unspecified atom stereocenters. The summed E-state index contributed by atoms with van der Waals surface area (Å²) >= 11 is 11.7. The third-order valence-electron chi connectivity index (χ3n) is 2.16. The highest BCUT2D eigenvalue weighted by molar-refractivity contribution is 6.31. The summed E-state index contributed by atoms with van der Waals surface area (Å²) in [6.45, 7) is 3.75. The van der Waals surface area contributed by atoms with Crippen molar-refractivity contribution in [2.75, 3.05) is 0 Å². The number of benzene rings is 1. The lowest BCUT2D eigenvalue weighted by Crippen LogP contribution is -1.97. The number of nitrogens with zero attached hydrogens (tertiary/aromatic N) is 3. The fourth-order valence-corrected chi connectivity index (χ4v) is 1.78. The molecule has 0 aliphatic carbocycles. The second-order valence-corrected chi connectivity index (χ2v) is 4.21. The molecule has 0 aliphatic rings. The zero-order valence-electron chi connectivity index (χ0n) is 8.83. The zero-order chi connectivity index (χ0) is 11.7. The summed E-state index contributed by atoms with van der Waals surface area (Å²) in [6.07, 6.45) is 0. The normalized spacial score (nSPS) is 10.5. The van der Waals surface area contributed by atoms with E-state index in [0.717, 1.165) is 11.1 Å². The molecular weight excluding hydrogens is 245 g/mol. The van der Waals surface area contributed by atoms with Crippen LogP contribution in [0.15, 0.2) is 18.2 Å². The summed E-state index contributed by atoms with van der Waals surface area (Å²) in [7, 11) is 0. The summed E-state index contributed by atoms with van der Waals surface area (Å²) in [6, 6.07) is 5.57. The van der Waals surface area contributed by atoms with E-state index < -0.39 is 0 Å². The molecule has 0 saturated carbocycles. The highest BCUT2D eigenvalue weighted by atomic mass is 35.5. The molecule has 0 bridgehead atoms. The second kappa shape index (κ2) is 4.36. The summed E-state index contributed by atoms with van der Waals surface area (Å²) in [5, 5.41) is 0.844. The van der Waals surface area contributed by atoms with Gasteiger partial charge in [-0.2, -0.15) is 4.98 Å². The van der Waals surface area contributed by atoms with Crippen molar-refractivity contribution < 1.29 is 0 Å². The van der Waals surface area contributed by atoms with E-state index in [-0.39, 0.29) is 5.28 Å². The molecule has 0 saturated heterocycles. The minimum atomic E-state index is 0.196. The predicted molar refractivity (Wildman–Crippen MR) is 64.8 cm³/mol. The highest BCUT2D eigenvalue weighted by Crippen LogP contribution is 2.24. The first-order valence-electron chi connectivity index (χ1n) is 4.71. The van der Waals surface area contributed by atoms with Gasteiger partial charge in [-0.3, -0.25) is 0 Å². The summed E-state index contributed by atoms with van der Waals surface area (Å²) in [5.74, 6) is 1.15. The molecule has 5 heteroatoms. The van der Waals surface area contributed by atoms with E-state index in [1.54, 1.807) is 6.92 Å². The molecule has 0 atom stereocenters. The van der Waals surface area contributed by atoms with Gasteiger partial charge in [-0.25, -0.2) is 9.97 Å². The Balaban J connectivity index is 2.62. The highest BCUT2D eigenvalue weighted by Gasteiger charge is 2.08. The fraction of sp³-hybridized carbons (Fsp3) is 0.182. The zero-order valence-corrected chi connectivity index (χ0v) is 10.3. The van der Waals surface area contributed by atoms with E-state index in [4.69, 9.17) is 23.2 Å². The molecule has 0 radical (unpaired) electrons. The van der Waals surface area contributed by atoms with Crippen LogP contribution < -0.4 is 0 Å². The van der Waals surface area contributed by atoms with Crippen LogP contribution in [0.5, 0.6) is 0 Å². The van der Waals surface area contributed by atoms with Crippen molar-refractivity contribution in [3.63, 3.8) is 0 Å². The number of hydrogen-bond donors (Lipinski definition) is 0. The minimum absolute atomic E-state index is 0.196. The quantitative estimate of drug-likeness (QED) is 0.782. The average Bonchev–Trinajstić information content (AvgIpc) is 2.20. The first-order valence-corrected chi connectivity index (χ1v) is 5.46. The lowest BCUT2D eigenvalue weighted by molar-refractivity contribution is 0.982. The van der Waals surface area contributed by atoms with E-state index in [9.17, 15) is 0 Å². The van der Waals surface area contributed by atoms with Crippen LogP contribution in [0.25, 0.3) is 11.4 Å². The van der Waals surface area contributed by atoms with Crippen molar-refractivity contribution in [1.29, 1.82) is 0 Å². The Hall–Kier alpha value is -1.19. The van der Waals surface area contributed by atoms with Gasteiger partial charge < -0.3 is 0 Å². The van der Waals surface area contributed by atoms with E-state index in [0.29, 0.717) is 16.7 Å². The van der Waals surface area contributed by atoms with Gasteiger partial charge >= 0.3 is 0 Å². The number of halogens is 2. The van der Waals surface area contributed by atoms with Gasteiger partial charge in [0, 0.05) is 10.6 Å². The SMILES string of the molecule is Cc1nc(Cl)nc(-c2cc(Cl)ccc2C)n1. The van der Waals surface area contributed by atoms with Gasteiger partial charge in [-0.1, -0.05) is 17.7 Å². The molecule has 0 fully saturated rings. The van der Waals surface area contributed by atoms with Crippen molar-refractivity contribution >= 4 is 23.2 Å². The Morgan fingerprint density at radius 2 is 1.75 bits per heavy atom. The molecule has 0 aliphatic heterocycles. The first kappa shape index (κ1) is 11.3. The molecular formula is C11H9Cl2N3. The average molecular weight is 254 g/mol. The summed E-state index contributed by atoms with van der Waals surface area (Å²) in [5.41, 5.74) is 1.92. The molecule has 1 aromatic heterocycles. The Labute approximate surface area is 103 Å². The van der Waals surface area contributed by atoms with Gasteiger partial charge in [0.15, 0.2) is 5.82 Å². The minimum Gasteiger partial charge on any atom is -0.213 e. The number of hydrogen-bond acceptors (Lipinski definition) is 3. The fourth-order valence-electron chi connectivity index (χ4n) is 1.40. The third kappa shape index (κ3) is 2.31. The van der Waals surface area contributed by atoms with Crippen LogP contribution in [0.4, 0.5) is 0 Å². The molecule has 0 amide bonds. The lowest BCUT2D eigenvalue weighted by atomic mass is 10.1. The van der Waals surface area contributed by atoms with Gasteiger partial charge in [0.1, 0.15) is 5.82 Å². The molecule has 3 nitrogen and oxygen atoms in total. The van der Waals surface area contributed by atoms with Crippen molar-refractivity contribution in [1.82, 2.24) is 15.0 Å². The van der Waals surface area contributed by atoms with Gasteiger partial charge in [-0.15, -0.1) is 0 Å². The molecule has 0 spiro atoms. The number of aryl methyl sites for hydroxylation is 2. The number of rotatable bonds is 1. The molecule has 2 rings (SSSR count). The van der Waals surface area contributed by atoms with Crippen LogP contribution in [0.2, 0.25) is 10.3 Å². The van der Waals surface area contributed by atoms with E-state index in [2.05, 4.69) is 15.0 Å².